The highest BCUT2D eigenvalue weighted by atomic mass is 16.3. The lowest BCUT2D eigenvalue weighted by Crippen LogP contribution is -1.88. The van der Waals surface area contributed by atoms with Gasteiger partial charge >= 0.3 is 0 Å². The van der Waals surface area contributed by atoms with Crippen LogP contribution in [0.15, 0.2) is 71.7 Å². The van der Waals surface area contributed by atoms with Crippen molar-refractivity contribution in [1.29, 1.82) is 0 Å². The van der Waals surface area contributed by atoms with E-state index in [-0.39, 0.29) is 0 Å². The van der Waals surface area contributed by atoms with Gasteiger partial charge in [0.25, 0.3) is 0 Å². The molecule has 0 fully saturated rings. The van der Waals surface area contributed by atoms with Crippen molar-refractivity contribution in [3.8, 4) is 11.4 Å². The van der Waals surface area contributed by atoms with E-state index >= 15 is 0 Å². The number of furan rings is 1. The average molecular weight is 297 g/mol. The second-order valence-electron chi connectivity index (χ2n) is 5.42. The molecule has 0 saturated carbocycles. The van der Waals surface area contributed by atoms with Gasteiger partial charge in [-0.3, -0.25) is 15.0 Å². The van der Waals surface area contributed by atoms with Gasteiger partial charge < -0.3 is 4.42 Å². The summed E-state index contributed by atoms with van der Waals surface area (Å²) in [5, 5.41) is 4.32. The summed E-state index contributed by atoms with van der Waals surface area (Å²) in [5.74, 6) is 0. The highest BCUT2D eigenvalue weighted by Gasteiger charge is 2.11. The molecule has 108 valence electrons. The molecule has 0 bridgehead atoms. The van der Waals surface area contributed by atoms with E-state index in [2.05, 4.69) is 27.1 Å². The van der Waals surface area contributed by atoms with E-state index in [0.717, 1.165) is 44.1 Å². The highest BCUT2D eigenvalue weighted by molar-refractivity contribution is 6.06. The van der Waals surface area contributed by atoms with Crippen molar-refractivity contribution in [3.05, 3.63) is 67.3 Å². The van der Waals surface area contributed by atoms with Gasteiger partial charge in [0.1, 0.15) is 0 Å². The Labute approximate surface area is 131 Å². The molecule has 4 heterocycles. The molecule has 1 aromatic carbocycles. The van der Waals surface area contributed by atoms with E-state index in [9.17, 15) is 0 Å². The van der Waals surface area contributed by atoms with Crippen molar-refractivity contribution in [2.75, 3.05) is 0 Å². The number of pyridine rings is 3. The molecule has 0 aliphatic rings. The summed E-state index contributed by atoms with van der Waals surface area (Å²) in [7, 11) is 0. The van der Waals surface area contributed by atoms with Crippen LogP contribution in [0.2, 0.25) is 0 Å². The molecule has 0 aliphatic carbocycles. The van der Waals surface area contributed by atoms with Gasteiger partial charge in [-0.15, -0.1) is 0 Å². The van der Waals surface area contributed by atoms with Crippen LogP contribution < -0.4 is 0 Å². The molecule has 4 aromatic heterocycles. The summed E-state index contributed by atoms with van der Waals surface area (Å²) in [6, 6.07) is 14.2. The van der Waals surface area contributed by atoms with Crippen LogP contribution in [0.5, 0.6) is 0 Å². The molecule has 0 aliphatic heterocycles. The zero-order valence-corrected chi connectivity index (χ0v) is 12.1. The Morgan fingerprint density at radius 3 is 2.65 bits per heavy atom. The summed E-state index contributed by atoms with van der Waals surface area (Å²) < 4.78 is 5.79. The van der Waals surface area contributed by atoms with Crippen LogP contribution in [-0.4, -0.2) is 15.0 Å². The second kappa shape index (κ2) is 4.61. The minimum atomic E-state index is 0.761. The van der Waals surface area contributed by atoms with E-state index in [4.69, 9.17) is 4.42 Å². The van der Waals surface area contributed by atoms with Crippen LogP contribution >= 0.6 is 0 Å². The van der Waals surface area contributed by atoms with Crippen molar-refractivity contribution < 1.29 is 4.42 Å². The Hall–Kier alpha value is -3.27. The van der Waals surface area contributed by atoms with Crippen molar-refractivity contribution in [2.45, 2.75) is 0 Å². The number of benzene rings is 1. The molecule has 0 N–H and O–H groups in total. The maximum atomic E-state index is 5.79. The quantitative estimate of drug-likeness (QED) is 0.454. The third-order valence-electron chi connectivity index (χ3n) is 4.08. The van der Waals surface area contributed by atoms with Crippen molar-refractivity contribution in [2.24, 2.45) is 0 Å². The summed E-state index contributed by atoms with van der Waals surface area (Å²) in [6.07, 6.45) is 7.08. The molecule has 0 spiro atoms. The Morgan fingerprint density at radius 1 is 0.739 bits per heavy atom. The van der Waals surface area contributed by atoms with Gasteiger partial charge in [-0.05, 0) is 23.6 Å². The minimum Gasteiger partial charge on any atom is -0.453 e. The second-order valence-corrected chi connectivity index (χ2v) is 5.42. The first-order valence-corrected chi connectivity index (χ1v) is 7.36. The molecule has 4 heteroatoms. The van der Waals surface area contributed by atoms with E-state index in [0.29, 0.717) is 0 Å². The lowest BCUT2D eigenvalue weighted by atomic mass is 10.1. The summed E-state index contributed by atoms with van der Waals surface area (Å²) in [5.41, 5.74) is 3.26. The number of hydrogen-bond donors (Lipinski definition) is 0. The summed E-state index contributed by atoms with van der Waals surface area (Å²) in [6.45, 7) is 0. The van der Waals surface area contributed by atoms with Gasteiger partial charge in [-0.1, -0.05) is 24.3 Å². The number of fused-ring (bicyclic) bond motifs is 4. The largest absolute Gasteiger partial charge is 0.453 e. The molecule has 4 nitrogen and oxygen atoms in total. The molecule has 0 amide bonds. The lowest BCUT2D eigenvalue weighted by Gasteiger charge is -2.04. The van der Waals surface area contributed by atoms with Crippen molar-refractivity contribution >= 4 is 32.7 Å². The van der Waals surface area contributed by atoms with E-state index < -0.39 is 0 Å². The van der Waals surface area contributed by atoms with Crippen LogP contribution in [-0.2, 0) is 0 Å². The standard InChI is InChI=1S/C19H11N3O/c1-2-4-13-12(3-1)5-8-21-19(13)16-9-15-14-6-7-20-10-17(14)23-18(15)11-22-16/h1-11H. The number of nitrogens with zero attached hydrogens (tertiary/aromatic N) is 3. The van der Waals surface area contributed by atoms with Crippen molar-refractivity contribution in [1.82, 2.24) is 15.0 Å². The Kier molecular flexibility index (Phi) is 2.46. The predicted molar refractivity (Wildman–Crippen MR) is 90.0 cm³/mol. The smallest absolute Gasteiger partial charge is 0.153 e. The summed E-state index contributed by atoms with van der Waals surface area (Å²) in [4.78, 5) is 13.2. The van der Waals surface area contributed by atoms with E-state index in [1.807, 2.05) is 36.5 Å². The van der Waals surface area contributed by atoms with Gasteiger partial charge in [-0.2, -0.15) is 0 Å². The first-order chi connectivity index (χ1) is 11.4. The Bertz CT molecular complexity index is 1170. The van der Waals surface area contributed by atoms with Crippen LogP contribution in [0.25, 0.3) is 44.1 Å². The number of rotatable bonds is 1. The zero-order chi connectivity index (χ0) is 15.2. The molecule has 0 atom stereocenters. The first kappa shape index (κ1) is 12.3. The van der Waals surface area contributed by atoms with Gasteiger partial charge in [-0.25, -0.2) is 0 Å². The summed E-state index contributed by atoms with van der Waals surface area (Å²) >= 11 is 0. The molecular formula is C19H11N3O. The van der Waals surface area contributed by atoms with E-state index in [1.165, 1.54) is 0 Å². The minimum absolute atomic E-state index is 0.761. The molecule has 23 heavy (non-hydrogen) atoms. The molecular weight excluding hydrogens is 286 g/mol. The molecule has 5 rings (SSSR count). The monoisotopic (exact) mass is 297 g/mol. The van der Waals surface area contributed by atoms with Crippen LogP contribution in [0.1, 0.15) is 0 Å². The highest BCUT2D eigenvalue weighted by Crippen LogP contribution is 2.31. The van der Waals surface area contributed by atoms with Gasteiger partial charge in [0.2, 0.25) is 0 Å². The van der Waals surface area contributed by atoms with Crippen LogP contribution in [0, 0.1) is 0 Å². The van der Waals surface area contributed by atoms with E-state index in [1.54, 1.807) is 18.6 Å². The SMILES string of the molecule is c1ccc2c(-c3cc4c(cn3)oc3cnccc34)nccc2c1. The fraction of sp³-hybridized carbons (Fsp3) is 0. The predicted octanol–water partition coefficient (Wildman–Crippen LogP) is 4.59. The number of hydrogen-bond acceptors (Lipinski definition) is 4. The molecule has 0 unspecified atom stereocenters. The van der Waals surface area contributed by atoms with Gasteiger partial charge in [0.05, 0.1) is 23.8 Å². The maximum Gasteiger partial charge on any atom is 0.153 e. The molecule has 0 radical (unpaired) electrons. The third kappa shape index (κ3) is 1.82. The normalized spacial score (nSPS) is 11.5. The fourth-order valence-electron chi connectivity index (χ4n) is 2.99. The molecule has 0 saturated heterocycles. The van der Waals surface area contributed by atoms with Crippen LogP contribution in [0.4, 0.5) is 0 Å². The number of aromatic nitrogens is 3. The van der Waals surface area contributed by atoms with Crippen molar-refractivity contribution in [3.63, 3.8) is 0 Å². The Balaban J connectivity index is 1.84. The lowest BCUT2D eigenvalue weighted by molar-refractivity contribution is 0.665. The topological polar surface area (TPSA) is 51.8 Å². The maximum absolute atomic E-state index is 5.79. The average Bonchev–Trinajstić information content (AvgIpc) is 2.99. The fourth-order valence-corrected chi connectivity index (χ4v) is 2.99. The van der Waals surface area contributed by atoms with Gasteiger partial charge in [0.15, 0.2) is 11.2 Å². The first-order valence-electron chi connectivity index (χ1n) is 7.36. The third-order valence-corrected chi connectivity index (χ3v) is 4.08. The van der Waals surface area contributed by atoms with Gasteiger partial charge in [0, 0.05) is 28.6 Å². The molecule has 5 aromatic rings. The zero-order valence-electron chi connectivity index (χ0n) is 12.1. The van der Waals surface area contributed by atoms with Crippen LogP contribution in [0.3, 0.4) is 0 Å². The Morgan fingerprint density at radius 2 is 1.65 bits per heavy atom.